The Labute approximate surface area is 164 Å². The fourth-order valence-electron chi connectivity index (χ4n) is 3.70. The van der Waals surface area contributed by atoms with E-state index in [-0.39, 0.29) is 12.7 Å². The van der Waals surface area contributed by atoms with E-state index < -0.39 is 0 Å². The lowest BCUT2D eigenvalue weighted by Gasteiger charge is -2.17. The molecule has 146 valence electrons. The molecule has 0 unspecified atom stereocenters. The van der Waals surface area contributed by atoms with Crippen molar-refractivity contribution in [2.24, 2.45) is 0 Å². The van der Waals surface area contributed by atoms with Crippen molar-refractivity contribution in [1.29, 1.82) is 0 Å². The largest absolute Gasteiger partial charge is 0.464 e. The van der Waals surface area contributed by atoms with Gasteiger partial charge in [-0.05, 0) is 53.8 Å². The number of likely N-dealkylation sites (N-methyl/N-ethyl adjacent to an activating group) is 1. The van der Waals surface area contributed by atoms with Crippen LogP contribution in [-0.2, 0) is 17.8 Å². The van der Waals surface area contributed by atoms with Crippen molar-refractivity contribution in [3.05, 3.63) is 58.8 Å². The monoisotopic (exact) mass is 379 g/mol. The first-order valence-electron chi connectivity index (χ1n) is 9.55. The number of amides is 1. The van der Waals surface area contributed by atoms with Gasteiger partial charge in [0.1, 0.15) is 5.58 Å². The first-order valence-corrected chi connectivity index (χ1v) is 9.55. The highest BCUT2D eigenvalue weighted by molar-refractivity contribution is 5.88. The molecule has 0 fully saturated rings. The molecule has 4 rings (SSSR count). The molecule has 5 heteroatoms. The van der Waals surface area contributed by atoms with Gasteiger partial charge in [-0.15, -0.1) is 0 Å². The molecule has 0 aliphatic carbocycles. The fraction of sp³-hybridized carbons (Fsp3) is 0.348. The summed E-state index contributed by atoms with van der Waals surface area (Å²) in [6.45, 7) is 7.22. The molecule has 28 heavy (non-hydrogen) atoms. The number of fused-ring (bicyclic) bond motifs is 2. The lowest BCUT2D eigenvalue weighted by atomic mass is 9.95. The molecule has 2 aromatic carbocycles. The van der Waals surface area contributed by atoms with Gasteiger partial charge in [0.15, 0.2) is 11.5 Å². The molecule has 0 saturated carbocycles. The van der Waals surface area contributed by atoms with Crippen LogP contribution in [0.5, 0.6) is 11.5 Å². The van der Waals surface area contributed by atoms with E-state index in [1.54, 1.807) is 11.2 Å². The number of furan rings is 1. The summed E-state index contributed by atoms with van der Waals surface area (Å²) in [7, 11) is 1.82. The highest BCUT2D eigenvalue weighted by atomic mass is 16.7. The van der Waals surface area contributed by atoms with Gasteiger partial charge in [-0.2, -0.15) is 0 Å². The summed E-state index contributed by atoms with van der Waals surface area (Å²) in [4.78, 5) is 14.5. The van der Waals surface area contributed by atoms with Gasteiger partial charge in [-0.3, -0.25) is 4.79 Å². The third kappa shape index (κ3) is 3.44. The van der Waals surface area contributed by atoms with Crippen LogP contribution < -0.4 is 9.47 Å². The number of hydrogen-bond donors (Lipinski definition) is 0. The topological polar surface area (TPSA) is 51.9 Å². The van der Waals surface area contributed by atoms with E-state index in [4.69, 9.17) is 13.9 Å². The van der Waals surface area contributed by atoms with E-state index in [1.807, 2.05) is 25.2 Å². The molecule has 2 heterocycles. The minimum Gasteiger partial charge on any atom is -0.464 e. The van der Waals surface area contributed by atoms with Crippen LogP contribution in [0.4, 0.5) is 0 Å². The Bertz CT molecular complexity index is 1030. The normalized spacial score (nSPS) is 12.8. The minimum atomic E-state index is 0.0482. The summed E-state index contributed by atoms with van der Waals surface area (Å²) >= 11 is 0. The molecular formula is C23H25NO4. The average Bonchev–Trinajstić information content (AvgIpc) is 3.27. The van der Waals surface area contributed by atoms with E-state index in [0.717, 1.165) is 33.6 Å². The fourth-order valence-corrected chi connectivity index (χ4v) is 3.70. The van der Waals surface area contributed by atoms with Crippen LogP contribution in [0.2, 0.25) is 0 Å². The van der Waals surface area contributed by atoms with Gasteiger partial charge in [0.25, 0.3) is 0 Å². The van der Waals surface area contributed by atoms with Crippen LogP contribution in [0, 0.1) is 6.92 Å². The summed E-state index contributed by atoms with van der Waals surface area (Å²) in [5.41, 5.74) is 5.28. The molecule has 3 aromatic rings. The highest BCUT2D eigenvalue weighted by Gasteiger charge is 2.18. The third-order valence-electron chi connectivity index (χ3n) is 5.29. The quantitative estimate of drug-likeness (QED) is 0.639. The molecular weight excluding hydrogens is 354 g/mol. The van der Waals surface area contributed by atoms with Crippen molar-refractivity contribution in [2.45, 2.75) is 39.7 Å². The summed E-state index contributed by atoms with van der Waals surface area (Å²) in [5.74, 6) is 1.96. The van der Waals surface area contributed by atoms with Gasteiger partial charge >= 0.3 is 0 Å². The van der Waals surface area contributed by atoms with Gasteiger partial charge in [-0.25, -0.2) is 0 Å². The second kappa shape index (κ2) is 7.23. The lowest BCUT2D eigenvalue weighted by molar-refractivity contribution is -0.129. The molecule has 1 aromatic heterocycles. The number of hydrogen-bond acceptors (Lipinski definition) is 4. The van der Waals surface area contributed by atoms with Crippen molar-refractivity contribution < 1.29 is 18.7 Å². The molecule has 5 nitrogen and oxygen atoms in total. The summed E-state index contributed by atoms with van der Waals surface area (Å²) in [5, 5.41) is 1.03. The van der Waals surface area contributed by atoms with E-state index in [9.17, 15) is 4.79 Å². The van der Waals surface area contributed by atoms with E-state index in [0.29, 0.717) is 18.9 Å². The van der Waals surface area contributed by atoms with Crippen LogP contribution >= 0.6 is 0 Å². The number of carbonyl (C=O) groups is 1. The van der Waals surface area contributed by atoms with E-state index in [1.165, 1.54) is 11.1 Å². The minimum absolute atomic E-state index is 0.0482. The van der Waals surface area contributed by atoms with Gasteiger partial charge < -0.3 is 18.8 Å². The molecule has 1 amide bonds. The predicted molar refractivity (Wildman–Crippen MR) is 108 cm³/mol. The molecule has 0 bridgehead atoms. The second-order valence-corrected chi connectivity index (χ2v) is 7.73. The van der Waals surface area contributed by atoms with Crippen LogP contribution in [0.3, 0.4) is 0 Å². The molecule has 0 N–H and O–H groups in total. The molecule has 0 spiro atoms. The van der Waals surface area contributed by atoms with Crippen LogP contribution in [-0.4, -0.2) is 24.6 Å². The van der Waals surface area contributed by atoms with Crippen molar-refractivity contribution >= 4 is 16.9 Å². The van der Waals surface area contributed by atoms with Crippen molar-refractivity contribution in [1.82, 2.24) is 4.90 Å². The van der Waals surface area contributed by atoms with E-state index >= 15 is 0 Å². The maximum absolute atomic E-state index is 12.8. The summed E-state index contributed by atoms with van der Waals surface area (Å²) < 4.78 is 16.5. The van der Waals surface area contributed by atoms with Crippen LogP contribution in [0.25, 0.3) is 11.0 Å². The number of benzene rings is 2. The van der Waals surface area contributed by atoms with Crippen molar-refractivity contribution in [3.8, 4) is 11.5 Å². The Hall–Kier alpha value is -2.95. The van der Waals surface area contributed by atoms with Gasteiger partial charge in [0.2, 0.25) is 12.7 Å². The molecule has 0 radical (unpaired) electrons. The summed E-state index contributed by atoms with van der Waals surface area (Å²) in [6.07, 6.45) is 2.02. The number of ether oxygens (including phenoxy) is 2. The molecule has 0 saturated heterocycles. The lowest BCUT2D eigenvalue weighted by Crippen LogP contribution is -2.27. The number of carbonyl (C=O) groups excluding carboxylic acids is 1. The Kier molecular flexibility index (Phi) is 4.75. The summed E-state index contributed by atoms with van der Waals surface area (Å²) in [6, 6.07) is 10.0. The Balaban J connectivity index is 1.50. The predicted octanol–water partition coefficient (Wildman–Crippen LogP) is 4.79. The second-order valence-electron chi connectivity index (χ2n) is 7.73. The SMILES string of the molecule is Cc1cc2occ(CC(=O)N(C)Cc3ccc4c(c3)OCO4)c2cc1C(C)C. The van der Waals surface area contributed by atoms with Crippen LogP contribution in [0.15, 0.2) is 41.0 Å². The maximum Gasteiger partial charge on any atom is 0.231 e. The Morgan fingerprint density at radius 2 is 1.93 bits per heavy atom. The third-order valence-corrected chi connectivity index (χ3v) is 5.29. The van der Waals surface area contributed by atoms with Crippen molar-refractivity contribution in [3.63, 3.8) is 0 Å². The van der Waals surface area contributed by atoms with Gasteiger partial charge in [0, 0.05) is 24.5 Å². The first-order chi connectivity index (χ1) is 13.4. The molecule has 1 aliphatic rings. The van der Waals surface area contributed by atoms with Crippen LogP contribution in [0.1, 0.15) is 42.0 Å². The number of rotatable bonds is 5. The smallest absolute Gasteiger partial charge is 0.231 e. The first kappa shape index (κ1) is 18.4. The van der Waals surface area contributed by atoms with Crippen molar-refractivity contribution in [2.75, 3.05) is 13.8 Å². The van der Waals surface area contributed by atoms with E-state index in [2.05, 4.69) is 32.9 Å². The zero-order valence-electron chi connectivity index (χ0n) is 16.7. The zero-order chi connectivity index (χ0) is 19.8. The number of nitrogens with zero attached hydrogens (tertiary/aromatic N) is 1. The van der Waals surface area contributed by atoms with Gasteiger partial charge in [-0.1, -0.05) is 19.9 Å². The number of aryl methyl sites for hydroxylation is 1. The Morgan fingerprint density at radius 1 is 1.14 bits per heavy atom. The standard InChI is InChI=1S/C23H25NO4/c1-14(2)18-10-19-17(12-26-21(19)7-15(18)3)9-23(25)24(4)11-16-5-6-20-22(8-16)28-13-27-20/h5-8,10,12,14H,9,11,13H2,1-4H3. The molecule has 1 aliphatic heterocycles. The average molecular weight is 379 g/mol. The zero-order valence-corrected chi connectivity index (χ0v) is 16.7. The molecule has 0 atom stereocenters. The maximum atomic E-state index is 12.8. The Morgan fingerprint density at radius 3 is 2.71 bits per heavy atom. The highest BCUT2D eigenvalue weighted by Crippen LogP contribution is 2.33. The van der Waals surface area contributed by atoms with Gasteiger partial charge in [0.05, 0.1) is 12.7 Å².